The third kappa shape index (κ3) is 2.99. The summed E-state index contributed by atoms with van der Waals surface area (Å²) >= 11 is 5.49. The van der Waals surface area contributed by atoms with Gasteiger partial charge in [0.1, 0.15) is 0 Å². The van der Waals surface area contributed by atoms with Crippen LogP contribution in [-0.4, -0.2) is 18.9 Å². The zero-order valence-electron chi connectivity index (χ0n) is 6.77. The molecule has 0 aromatic heterocycles. The normalized spacial score (nSPS) is 11.5. The highest BCUT2D eigenvalue weighted by Gasteiger charge is 2.08. The molecule has 0 amide bonds. The lowest BCUT2D eigenvalue weighted by molar-refractivity contribution is 0.483. The van der Waals surface area contributed by atoms with Crippen LogP contribution in [0.3, 0.4) is 0 Å². The molecule has 1 rings (SSSR count). The topological polar surface area (TPSA) is 54.4 Å². The Morgan fingerprint density at radius 3 is 2.62 bits per heavy atom. The molecule has 0 fully saturated rings. The molecule has 0 bridgehead atoms. The van der Waals surface area contributed by atoms with Crippen LogP contribution in [0.2, 0.25) is 0 Å². The Morgan fingerprint density at radius 2 is 2.08 bits per heavy atom. The predicted octanol–water partition coefficient (Wildman–Crippen LogP) is 1.71. The van der Waals surface area contributed by atoms with Crippen molar-refractivity contribution in [3.05, 3.63) is 29.8 Å². The number of benzene rings is 1. The third-order valence-electron chi connectivity index (χ3n) is 1.58. The molecule has 0 saturated heterocycles. The number of aryl methyl sites for hydroxylation is 1. The molecule has 1 aromatic rings. The number of rotatable bonds is 3. The summed E-state index contributed by atoms with van der Waals surface area (Å²) in [6.07, 6.45) is 0.588. The number of alkyl halides is 1. The first-order chi connectivity index (χ1) is 6.04. The van der Waals surface area contributed by atoms with E-state index in [1.54, 1.807) is 12.1 Å². The van der Waals surface area contributed by atoms with E-state index in [2.05, 4.69) is 0 Å². The van der Waals surface area contributed by atoms with Crippen molar-refractivity contribution in [3.63, 3.8) is 0 Å². The maximum absolute atomic E-state index is 10.7. The Bertz CT molecular complexity index is 386. The largest absolute Gasteiger partial charge is 0.294 e. The number of hydrogen-bond donors (Lipinski definition) is 1. The van der Waals surface area contributed by atoms with Gasteiger partial charge < -0.3 is 0 Å². The van der Waals surface area contributed by atoms with Crippen molar-refractivity contribution in [3.8, 4) is 0 Å². The monoisotopic (exact) mass is 220 g/mol. The van der Waals surface area contributed by atoms with Crippen molar-refractivity contribution in [2.45, 2.75) is 11.3 Å². The molecule has 0 radical (unpaired) electrons. The van der Waals surface area contributed by atoms with Crippen molar-refractivity contribution in [2.75, 3.05) is 5.88 Å². The van der Waals surface area contributed by atoms with E-state index in [0.717, 1.165) is 5.56 Å². The van der Waals surface area contributed by atoms with Crippen LogP contribution in [0.4, 0.5) is 0 Å². The van der Waals surface area contributed by atoms with Crippen LogP contribution in [0.25, 0.3) is 0 Å². The number of halogens is 1. The van der Waals surface area contributed by atoms with Crippen molar-refractivity contribution in [2.24, 2.45) is 0 Å². The zero-order chi connectivity index (χ0) is 9.90. The highest BCUT2D eigenvalue weighted by molar-refractivity contribution is 7.85. The number of hydrogen-bond acceptors (Lipinski definition) is 2. The minimum Gasteiger partial charge on any atom is -0.282 e. The summed E-state index contributed by atoms with van der Waals surface area (Å²) in [4.78, 5) is -0.0879. The summed E-state index contributed by atoms with van der Waals surface area (Å²) in [7, 11) is -4.09. The SMILES string of the molecule is O=S(=O)(O)c1cccc(CCCl)c1. The van der Waals surface area contributed by atoms with Crippen molar-refractivity contribution in [1.29, 1.82) is 0 Å². The molecular formula is C8H9ClO3S. The molecule has 1 N–H and O–H groups in total. The van der Waals surface area contributed by atoms with Crippen LogP contribution in [0.1, 0.15) is 5.56 Å². The van der Waals surface area contributed by atoms with Gasteiger partial charge in [-0.05, 0) is 24.1 Å². The molecular weight excluding hydrogens is 212 g/mol. The molecule has 0 atom stereocenters. The maximum Gasteiger partial charge on any atom is 0.294 e. The molecule has 0 saturated carbocycles. The standard InChI is InChI=1S/C8H9ClO3S/c9-5-4-7-2-1-3-8(6-7)13(10,11)12/h1-3,6H,4-5H2,(H,10,11,12). The maximum atomic E-state index is 10.7. The second-order valence-electron chi connectivity index (χ2n) is 2.56. The Morgan fingerprint density at radius 1 is 1.38 bits per heavy atom. The van der Waals surface area contributed by atoms with Gasteiger partial charge in [0, 0.05) is 5.88 Å². The molecule has 0 aliphatic rings. The summed E-state index contributed by atoms with van der Waals surface area (Å²) in [5, 5.41) is 0. The van der Waals surface area contributed by atoms with Gasteiger partial charge in [-0.2, -0.15) is 8.42 Å². The lowest BCUT2D eigenvalue weighted by Gasteiger charge is -2.00. The molecule has 0 aliphatic heterocycles. The highest BCUT2D eigenvalue weighted by atomic mass is 35.5. The summed E-state index contributed by atoms with van der Waals surface area (Å²) in [6, 6.07) is 6.09. The van der Waals surface area contributed by atoms with Crippen LogP contribution in [0, 0.1) is 0 Å². The fourth-order valence-electron chi connectivity index (χ4n) is 0.971. The highest BCUT2D eigenvalue weighted by Crippen LogP contribution is 2.11. The summed E-state index contributed by atoms with van der Waals surface area (Å²) < 4.78 is 30.1. The molecule has 3 nitrogen and oxygen atoms in total. The lowest BCUT2D eigenvalue weighted by Crippen LogP contribution is -1.99. The van der Waals surface area contributed by atoms with E-state index in [-0.39, 0.29) is 4.90 Å². The minimum atomic E-state index is -4.09. The first-order valence-corrected chi connectivity index (χ1v) is 5.64. The minimum absolute atomic E-state index is 0.0879. The van der Waals surface area contributed by atoms with Gasteiger partial charge in [0.25, 0.3) is 10.1 Å². The van der Waals surface area contributed by atoms with Gasteiger partial charge in [0.15, 0.2) is 0 Å². The quantitative estimate of drug-likeness (QED) is 0.623. The average molecular weight is 221 g/mol. The lowest BCUT2D eigenvalue weighted by atomic mass is 10.2. The Hall–Kier alpha value is -0.580. The average Bonchev–Trinajstić information content (AvgIpc) is 2.04. The fraction of sp³-hybridized carbons (Fsp3) is 0.250. The van der Waals surface area contributed by atoms with Gasteiger partial charge in [-0.15, -0.1) is 11.6 Å². The Balaban J connectivity index is 3.06. The fourth-order valence-corrected chi connectivity index (χ4v) is 1.74. The van der Waals surface area contributed by atoms with Gasteiger partial charge in [-0.25, -0.2) is 0 Å². The molecule has 0 heterocycles. The van der Waals surface area contributed by atoms with Gasteiger partial charge in [0.05, 0.1) is 4.90 Å². The van der Waals surface area contributed by atoms with Crippen LogP contribution in [0.15, 0.2) is 29.2 Å². The van der Waals surface area contributed by atoms with E-state index in [1.807, 2.05) is 0 Å². The second kappa shape index (κ2) is 4.09. The van der Waals surface area contributed by atoms with Crippen molar-refractivity contribution < 1.29 is 13.0 Å². The first-order valence-electron chi connectivity index (χ1n) is 3.66. The molecule has 5 heteroatoms. The van der Waals surface area contributed by atoms with E-state index < -0.39 is 10.1 Å². The van der Waals surface area contributed by atoms with Crippen LogP contribution in [-0.2, 0) is 16.5 Å². The Kier molecular flexibility index (Phi) is 3.30. The summed E-state index contributed by atoms with van der Waals surface area (Å²) in [5.41, 5.74) is 0.796. The molecule has 0 aliphatic carbocycles. The molecule has 72 valence electrons. The van der Waals surface area contributed by atoms with E-state index in [9.17, 15) is 8.42 Å². The van der Waals surface area contributed by atoms with Crippen molar-refractivity contribution in [1.82, 2.24) is 0 Å². The van der Waals surface area contributed by atoms with E-state index in [4.69, 9.17) is 16.2 Å². The van der Waals surface area contributed by atoms with E-state index in [0.29, 0.717) is 12.3 Å². The summed E-state index contributed by atoms with van der Waals surface area (Å²) in [5.74, 6) is 0.426. The smallest absolute Gasteiger partial charge is 0.282 e. The molecule has 0 spiro atoms. The third-order valence-corrected chi connectivity index (χ3v) is 2.62. The van der Waals surface area contributed by atoms with Crippen LogP contribution >= 0.6 is 11.6 Å². The van der Waals surface area contributed by atoms with Gasteiger partial charge in [0.2, 0.25) is 0 Å². The van der Waals surface area contributed by atoms with E-state index in [1.165, 1.54) is 12.1 Å². The zero-order valence-corrected chi connectivity index (χ0v) is 8.35. The molecule has 13 heavy (non-hydrogen) atoms. The first kappa shape index (κ1) is 10.5. The van der Waals surface area contributed by atoms with Gasteiger partial charge >= 0.3 is 0 Å². The van der Waals surface area contributed by atoms with E-state index >= 15 is 0 Å². The van der Waals surface area contributed by atoms with Gasteiger partial charge in [-0.1, -0.05) is 12.1 Å². The predicted molar refractivity (Wildman–Crippen MR) is 50.7 cm³/mol. The molecule has 1 aromatic carbocycles. The van der Waals surface area contributed by atoms with Crippen LogP contribution < -0.4 is 0 Å². The van der Waals surface area contributed by atoms with Crippen LogP contribution in [0.5, 0.6) is 0 Å². The molecule has 0 unspecified atom stereocenters. The van der Waals surface area contributed by atoms with Crippen molar-refractivity contribution >= 4 is 21.7 Å². The second-order valence-corrected chi connectivity index (χ2v) is 4.36. The Labute approximate surface area is 82.1 Å². The van der Waals surface area contributed by atoms with Gasteiger partial charge in [-0.3, -0.25) is 4.55 Å². The summed E-state index contributed by atoms with van der Waals surface area (Å²) in [6.45, 7) is 0.